The van der Waals surface area contributed by atoms with E-state index in [1.165, 1.54) is 61.2 Å². The lowest BCUT2D eigenvalue weighted by Gasteiger charge is -2.20. The van der Waals surface area contributed by atoms with E-state index in [4.69, 9.17) is 0 Å². The number of hydrogen-bond acceptors (Lipinski definition) is 2. The molecule has 0 atom stereocenters. The third-order valence-electron chi connectivity index (χ3n) is 4.31. The summed E-state index contributed by atoms with van der Waals surface area (Å²) in [4.78, 5) is 1.45. The number of rotatable bonds is 6. The maximum Gasteiger partial charge on any atom is 0.0208 e. The van der Waals surface area contributed by atoms with Crippen LogP contribution in [0.4, 0.5) is 0 Å². The Morgan fingerprint density at radius 2 is 1.68 bits per heavy atom. The van der Waals surface area contributed by atoms with Gasteiger partial charge in [-0.05, 0) is 49.3 Å². The minimum atomic E-state index is 0.806. The van der Waals surface area contributed by atoms with E-state index in [1.807, 2.05) is 0 Å². The molecule has 104 valence electrons. The van der Waals surface area contributed by atoms with E-state index in [-0.39, 0.29) is 0 Å². The minimum absolute atomic E-state index is 0.806. The summed E-state index contributed by atoms with van der Waals surface area (Å²) in [6, 6.07) is 9.99. The molecule has 2 saturated carbocycles. The Kier molecular flexibility index (Phi) is 4.84. The lowest BCUT2D eigenvalue weighted by molar-refractivity contribution is 0.391. The first kappa shape index (κ1) is 13.5. The molecular formula is C17H25NS. The number of hydrogen-bond donors (Lipinski definition) is 1. The predicted molar refractivity (Wildman–Crippen MR) is 83.6 cm³/mol. The van der Waals surface area contributed by atoms with Crippen molar-refractivity contribution in [2.45, 2.75) is 62.4 Å². The summed E-state index contributed by atoms with van der Waals surface area (Å²) in [6.45, 7) is 1.04. The van der Waals surface area contributed by atoms with E-state index in [9.17, 15) is 0 Å². The van der Waals surface area contributed by atoms with Gasteiger partial charge in [-0.25, -0.2) is 0 Å². The van der Waals surface area contributed by atoms with Gasteiger partial charge in [0.15, 0.2) is 0 Å². The third kappa shape index (κ3) is 4.54. The number of benzene rings is 1. The van der Waals surface area contributed by atoms with Gasteiger partial charge in [0, 0.05) is 23.2 Å². The monoisotopic (exact) mass is 275 g/mol. The van der Waals surface area contributed by atoms with E-state index in [2.05, 4.69) is 41.3 Å². The zero-order chi connectivity index (χ0) is 12.9. The van der Waals surface area contributed by atoms with Crippen molar-refractivity contribution in [3.05, 3.63) is 29.8 Å². The van der Waals surface area contributed by atoms with Crippen LogP contribution in [0, 0.1) is 5.92 Å². The van der Waals surface area contributed by atoms with Crippen molar-refractivity contribution in [1.29, 1.82) is 0 Å². The average Bonchev–Trinajstić information content (AvgIpc) is 3.29. The Morgan fingerprint density at radius 1 is 0.947 bits per heavy atom. The summed E-state index contributed by atoms with van der Waals surface area (Å²) in [5.41, 5.74) is 1.42. The zero-order valence-corrected chi connectivity index (χ0v) is 12.6. The Morgan fingerprint density at radius 3 is 2.37 bits per heavy atom. The molecule has 0 aliphatic heterocycles. The predicted octanol–water partition coefficient (Wildman–Crippen LogP) is 4.61. The summed E-state index contributed by atoms with van der Waals surface area (Å²) < 4.78 is 0. The second kappa shape index (κ2) is 6.81. The molecule has 1 N–H and O–H groups in total. The lowest BCUT2D eigenvalue weighted by atomic mass is 9.91. The lowest BCUT2D eigenvalue weighted by Crippen LogP contribution is -2.15. The number of thioether (sulfide) groups is 1. The molecule has 2 aliphatic rings. The molecule has 0 aromatic heterocycles. The Balaban J connectivity index is 1.42. The molecule has 0 amide bonds. The molecule has 19 heavy (non-hydrogen) atoms. The van der Waals surface area contributed by atoms with E-state index in [0.717, 1.165) is 18.5 Å². The molecule has 0 spiro atoms. The van der Waals surface area contributed by atoms with Crippen LogP contribution in [0.2, 0.25) is 0 Å². The molecule has 0 saturated heterocycles. The quantitative estimate of drug-likeness (QED) is 0.761. The first-order valence-corrected chi connectivity index (χ1v) is 8.84. The van der Waals surface area contributed by atoms with Crippen molar-refractivity contribution in [1.82, 2.24) is 5.32 Å². The molecule has 2 aliphatic carbocycles. The Hall–Kier alpha value is -0.470. The highest BCUT2D eigenvalue weighted by Gasteiger charge is 2.19. The molecular weight excluding hydrogens is 250 g/mol. The van der Waals surface area contributed by atoms with Crippen molar-refractivity contribution in [3.8, 4) is 0 Å². The molecule has 0 unspecified atom stereocenters. The topological polar surface area (TPSA) is 12.0 Å². The van der Waals surface area contributed by atoms with Crippen LogP contribution in [0.5, 0.6) is 0 Å². The second-order valence-corrected chi connectivity index (χ2v) is 7.21. The largest absolute Gasteiger partial charge is 0.310 e. The van der Waals surface area contributed by atoms with Crippen LogP contribution >= 0.6 is 11.8 Å². The summed E-state index contributed by atoms with van der Waals surface area (Å²) in [6.07, 6.45) is 10.0. The summed E-state index contributed by atoms with van der Waals surface area (Å²) in [7, 11) is 0. The van der Waals surface area contributed by atoms with Gasteiger partial charge in [0.2, 0.25) is 0 Å². The van der Waals surface area contributed by atoms with Crippen LogP contribution in [0.15, 0.2) is 29.2 Å². The maximum atomic E-state index is 3.57. The van der Waals surface area contributed by atoms with Crippen molar-refractivity contribution >= 4 is 11.8 Å². The highest BCUT2D eigenvalue weighted by Crippen LogP contribution is 2.30. The summed E-state index contributed by atoms with van der Waals surface area (Å²) in [5.74, 6) is 2.29. The van der Waals surface area contributed by atoms with Crippen molar-refractivity contribution in [2.24, 2.45) is 5.92 Å². The van der Waals surface area contributed by atoms with Gasteiger partial charge in [-0.3, -0.25) is 0 Å². The van der Waals surface area contributed by atoms with Crippen LogP contribution in [-0.4, -0.2) is 11.8 Å². The van der Waals surface area contributed by atoms with E-state index in [1.54, 1.807) is 0 Å². The smallest absolute Gasteiger partial charge is 0.0208 e. The normalized spacial score (nSPS) is 20.6. The second-order valence-electron chi connectivity index (χ2n) is 6.11. The fraction of sp³-hybridized carbons (Fsp3) is 0.647. The summed E-state index contributed by atoms with van der Waals surface area (Å²) >= 11 is 2.05. The van der Waals surface area contributed by atoms with Crippen molar-refractivity contribution in [2.75, 3.05) is 5.75 Å². The van der Waals surface area contributed by atoms with E-state index >= 15 is 0 Å². The fourth-order valence-corrected chi connectivity index (χ4v) is 3.91. The first-order valence-electron chi connectivity index (χ1n) is 7.85. The molecule has 1 aromatic carbocycles. The highest BCUT2D eigenvalue weighted by molar-refractivity contribution is 7.99. The molecule has 0 bridgehead atoms. The Bertz CT molecular complexity index is 377. The minimum Gasteiger partial charge on any atom is -0.310 e. The van der Waals surface area contributed by atoms with Gasteiger partial charge in [0.25, 0.3) is 0 Å². The van der Waals surface area contributed by atoms with Gasteiger partial charge < -0.3 is 5.32 Å². The molecule has 3 rings (SSSR count). The molecule has 1 aromatic rings. The van der Waals surface area contributed by atoms with Crippen molar-refractivity contribution < 1.29 is 0 Å². The summed E-state index contributed by atoms with van der Waals surface area (Å²) in [5, 5.41) is 3.57. The van der Waals surface area contributed by atoms with Crippen LogP contribution in [0.1, 0.15) is 50.5 Å². The number of nitrogens with one attached hydrogen (secondary N) is 1. The van der Waals surface area contributed by atoms with Crippen LogP contribution in [-0.2, 0) is 6.54 Å². The van der Waals surface area contributed by atoms with Crippen LogP contribution in [0.3, 0.4) is 0 Å². The average molecular weight is 275 g/mol. The Labute approximate surface area is 121 Å². The van der Waals surface area contributed by atoms with Crippen LogP contribution < -0.4 is 5.32 Å². The molecule has 2 fully saturated rings. The van der Waals surface area contributed by atoms with Crippen LogP contribution in [0.25, 0.3) is 0 Å². The van der Waals surface area contributed by atoms with Gasteiger partial charge in [-0.1, -0.05) is 31.4 Å². The molecule has 2 heteroatoms. The third-order valence-corrected chi connectivity index (χ3v) is 5.55. The highest BCUT2D eigenvalue weighted by atomic mass is 32.2. The standard InChI is InChI=1S/C17H25NS/c1-2-4-15(5-3-1)13-19-17-10-6-14(7-11-17)12-18-16-8-9-16/h6-7,10-11,15-16,18H,1-5,8-9,12-13H2. The fourth-order valence-electron chi connectivity index (χ4n) is 2.82. The van der Waals surface area contributed by atoms with Gasteiger partial charge in [-0.15, -0.1) is 11.8 Å². The molecule has 0 radical (unpaired) electrons. The van der Waals surface area contributed by atoms with Gasteiger partial charge >= 0.3 is 0 Å². The van der Waals surface area contributed by atoms with Gasteiger partial charge in [-0.2, -0.15) is 0 Å². The molecule has 1 nitrogen and oxygen atoms in total. The molecule has 0 heterocycles. The SMILES string of the molecule is c1cc(SCC2CCCCC2)ccc1CNC1CC1. The maximum absolute atomic E-state index is 3.57. The van der Waals surface area contributed by atoms with Crippen molar-refractivity contribution in [3.63, 3.8) is 0 Å². The first-order chi connectivity index (χ1) is 9.40. The zero-order valence-electron chi connectivity index (χ0n) is 11.7. The van der Waals surface area contributed by atoms with E-state index in [0.29, 0.717) is 0 Å². The van der Waals surface area contributed by atoms with E-state index < -0.39 is 0 Å². The van der Waals surface area contributed by atoms with Gasteiger partial charge in [0.05, 0.1) is 0 Å². The van der Waals surface area contributed by atoms with Gasteiger partial charge in [0.1, 0.15) is 0 Å².